The van der Waals surface area contributed by atoms with Gasteiger partial charge in [-0.2, -0.15) is 0 Å². The van der Waals surface area contributed by atoms with Gasteiger partial charge in [0, 0.05) is 23.7 Å². The Kier molecular flexibility index (Phi) is 5.95. The highest BCUT2D eigenvalue weighted by molar-refractivity contribution is 5.95. The third kappa shape index (κ3) is 4.14. The predicted molar refractivity (Wildman–Crippen MR) is 115 cm³/mol. The first kappa shape index (κ1) is 19.9. The zero-order chi connectivity index (χ0) is 20.9. The highest BCUT2D eigenvalue weighted by Crippen LogP contribution is 2.30. The molecule has 0 aliphatic carbocycles. The minimum absolute atomic E-state index is 0.0716. The number of ether oxygens (including phenoxy) is 3. The van der Waals surface area contributed by atoms with Crippen molar-refractivity contribution in [2.24, 2.45) is 0 Å². The van der Waals surface area contributed by atoms with Crippen molar-refractivity contribution in [1.29, 1.82) is 0 Å². The molecule has 0 spiro atoms. The zero-order valence-electron chi connectivity index (χ0n) is 16.9. The van der Waals surface area contributed by atoms with Crippen LogP contribution in [0, 0.1) is 0 Å². The summed E-state index contributed by atoms with van der Waals surface area (Å²) in [7, 11) is 1.56. The second-order valence-corrected chi connectivity index (χ2v) is 7.03. The lowest BCUT2D eigenvalue weighted by molar-refractivity contribution is -0.0246. The van der Waals surface area contributed by atoms with E-state index < -0.39 is 0 Å². The van der Waals surface area contributed by atoms with E-state index in [0.29, 0.717) is 43.4 Å². The molecule has 1 aliphatic heterocycles. The number of carbonyl (C=O) groups excluding carboxylic acids is 1. The van der Waals surface area contributed by atoms with Crippen LogP contribution in [-0.4, -0.2) is 49.2 Å². The molecular formula is C24H24N2O4. The van der Waals surface area contributed by atoms with Crippen molar-refractivity contribution < 1.29 is 19.0 Å². The fourth-order valence-corrected chi connectivity index (χ4v) is 3.54. The van der Waals surface area contributed by atoms with E-state index in [9.17, 15) is 4.79 Å². The molecule has 2 heterocycles. The molecule has 0 unspecified atom stereocenters. The maximum Gasteiger partial charge on any atom is 0.254 e. The monoisotopic (exact) mass is 404 g/mol. The van der Waals surface area contributed by atoms with E-state index in [4.69, 9.17) is 14.2 Å². The molecule has 1 aromatic heterocycles. The summed E-state index contributed by atoms with van der Waals surface area (Å²) in [5.74, 6) is 1.02. The van der Waals surface area contributed by atoms with E-state index in [-0.39, 0.29) is 12.0 Å². The number of hydrogen-bond acceptors (Lipinski definition) is 5. The first-order chi connectivity index (χ1) is 14.7. The van der Waals surface area contributed by atoms with Crippen LogP contribution in [0.25, 0.3) is 10.8 Å². The predicted octanol–water partition coefficient (Wildman–Crippen LogP) is 4.02. The number of amides is 1. The second kappa shape index (κ2) is 8.97. The topological polar surface area (TPSA) is 60.9 Å². The molecule has 0 bridgehead atoms. The van der Waals surface area contributed by atoms with E-state index >= 15 is 0 Å². The van der Waals surface area contributed by atoms with E-state index in [0.717, 1.165) is 16.5 Å². The Balaban J connectivity index is 1.52. The molecule has 1 atom stereocenters. The summed E-state index contributed by atoms with van der Waals surface area (Å²) >= 11 is 0. The van der Waals surface area contributed by atoms with Crippen LogP contribution in [0.2, 0.25) is 0 Å². The summed E-state index contributed by atoms with van der Waals surface area (Å²) in [6.45, 7) is 5.45. The average Bonchev–Trinajstić information content (AvgIpc) is 2.82. The lowest BCUT2D eigenvalue weighted by atomic mass is 10.1. The largest absolute Gasteiger partial charge is 0.493 e. The highest BCUT2D eigenvalue weighted by Gasteiger charge is 2.27. The summed E-state index contributed by atoms with van der Waals surface area (Å²) in [4.78, 5) is 19.5. The number of methoxy groups -OCH3 is 1. The summed E-state index contributed by atoms with van der Waals surface area (Å²) in [6, 6.07) is 15.3. The molecule has 1 fully saturated rings. The Morgan fingerprint density at radius 3 is 2.87 bits per heavy atom. The Hall–Kier alpha value is -3.38. The fourth-order valence-electron chi connectivity index (χ4n) is 3.54. The lowest BCUT2D eigenvalue weighted by Crippen LogP contribution is -2.42. The summed E-state index contributed by atoms with van der Waals surface area (Å²) in [6.07, 6.45) is 3.25. The van der Waals surface area contributed by atoms with Gasteiger partial charge in [-0.1, -0.05) is 36.9 Å². The highest BCUT2D eigenvalue weighted by atomic mass is 16.5. The van der Waals surface area contributed by atoms with E-state index in [1.54, 1.807) is 36.3 Å². The van der Waals surface area contributed by atoms with E-state index in [1.165, 1.54) is 0 Å². The van der Waals surface area contributed by atoms with Crippen LogP contribution < -0.4 is 9.47 Å². The van der Waals surface area contributed by atoms with Gasteiger partial charge in [0.2, 0.25) is 0 Å². The molecule has 6 nitrogen and oxygen atoms in total. The summed E-state index contributed by atoms with van der Waals surface area (Å²) in [5.41, 5.74) is 1.38. The Morgan fingerprint density at radius 1 is 1.23 bits per heavy atom. The average molecular weight is 404 g/mol. The van der Waals surface area contributed by atoms with Crippen molar-refractivity contribution in [2.75, 3.05) is 33.4 Å². The number of benzene rings is 2. The van der Waals surface area contributed by atoms with Gasteiger partial charge < -0.3 is 19.1 Å². The minimum atomic E-state index is -0.260. The molecule has 4 rings (SSSR count). The summed E-state index contributed by atoms with van der Waals surface area (Å²) < 4.78 is 16.9. The molecule has 0 N–H and O–H groups in total. The SMILES string of the molecule is C=CCOc1ccc(C(=O)N2CCO[C@H](c3cc4ccccc4cn3)C2)cc1OC. The molecular weight excluding hydrogens is 380 g/mol. The van der Waals surface area contributed by atoms with Gasteiger partial charge in [-0.25, -0.2) is 0 Å². The smallest absolute Gasteiger partial charge is 0.254 e. The van der Waals surface area contributed by atoms with Gasteiger partial charge in [-0.05, 0) is 29.7 Å². The number of pyridine rings is 1. The van der Waals surface area contributed by atoms with Gasteiger partial charge in [-0.3, -0.25) is 9.78 Å². The Bertz CT molecular complexity index is 1070. The molecule has 0 saturated carbocycles. The van der Waals surface area contributed by atoms with Gasteiger partial charge in [0.25, 0.3) is 5.91 Å². The van der Waals surface area contributed by atoms with Crippen molar-refractivity contribution in [3.05, 3.63) is 78.6 Å². The summed E-state index contributed by atoms with van der Waals surface area (Å²) in [5, 5.41) is 2.19. The number of hydrogen-bond donors (Lipinski definition) is 0. The zero-order valence-corrected chi connectivity index (χ0v) is 16.9. The van der Waals surface area contributed by atoms with Crippen LogP contribution in [0.3, 0.4) is 0 Å². The first-order valence-corrected chi connectivity index (χ1v) is 9.87. The van der Waals surface area contributed by atoms with Crippen LogP contribution >= 0.6 is 0 Å². The molecule has 30 heavy (non-hydrogen) atoms. The van der Waals surface area contributed by atoms with Crippen LogP contribution in [0.1, 0.15) is 22.2 Å². The molecule has 1 amide bonds. The van der Waals surface area contributed by atoms with Gasteiger partial charge in [0.1, 0.15) is 12.7 Å². The normalized spacial score (nSPS) is 16.3. The number of rotatable bonds is 6. The third-order valence-corrected chi connectivity index (χ3v) is 5.10. The standard InChI is InChI=1S/C24H24N2O4/c1-3-11-29-21-9-8-18(14-22(21)28-2)24(27)26-10-12-30-23(16-26)20-13-17-6-4-5-7-19(17)15-25-20/h3-9,13-15,23H,1,10-12,16H2,2H3/t23-/m0/s1. The van der Waals surface area contributed by atoms with Gasteiger partial charge in [0.05, 0.1) is 26.0 Å². The molecule has 0 radical (unpaired) electrons. The molecule has 1 aliphatic rings. The van der Waals surface area contributed by atoms with Gasteiger partial charge in [0.15, 0.2) is 11.5 Å². The molecule has 2 aromatic carbocycles. The maximum atomic E-state index is 13.1. The van der Waals surface area contributed by atoms with Gasteiger partial charge in [-0.15, -0.1) is 0 Å². The molecule has 1 saturated heterocycles. The van der Waals surface area contributed by atoms with Crippen LogP contribution in [0.15, 0.2) is 67.4 Å². The quantitative estimate of drug-likeness (QED) is 0.581. The molecule has 3 aromatic rings. The second-order valence-electron chi connectivity index (χ2n) is 7.03. The number of nitrogens with zero attached hydrogens (tertiary/aromatic N) is 2. The van der Waals surface area contributed by atoms with Crippen LogP contribution in [0.4, 0.5) is 0 Å². The molecule has 6 heteroatoms. The van der Waals surface area contributed by atoms with Crippen molar-refractivity contribution in [3.8, 4) is 11.5 Å². The number of aromatic nitrogens is 1. The molecule has 154 valence electrons. The van der Waals surface area contributed by atoms with Crippen LogP contribution in [-0.2, 0) is 4.74 Å². The van der Waals surface area contributed by atoms with Crippen molar-refractivity contribution >= 4 is 16.7 Å². The van der Waals surface area contributed by atoms with Gasteiger partial charge >= 0.3 is 0 Å². The van der Waals surface area contributed by atoms with E-state index in [1.807, 2.05) is 30.5 Å². The number of fused-ring (bicyclic) bond motifs is 1. The van der Waals surface area contributed by atoms with Crippen molar-refractivity contribution in [3.63, 3.8) is 0 Å². The first-order valence-electron chi connectivity index (χ1n) is 9.87. The minimum Gasteiger partial charge on any atom is -0.493 e. The Labute approximate surface area is 175 Å². The van der Waals surface area contributed by atoms with Crippen molar-refractivity contribution in [2.45, 2.75) is 6.10 Å². The van der Waals surface area contributed by atoms with Crippen LogP contribution in [0.5, 0.6) is 11.5 Å². The van der Waals surface area contributed by atoms with Crippen molar-refractivity contribution in [1.82, 2.24) is 9.88 Å². The Morgan fingerprint density at radius 2 is 2.07 bits per heavy atom. The number of carbonyl (C=O) groups is 1. The lowest BCUT2D eigenvalue weighted by Gasteiger charge is -2.33. The third-order valence-electron chi connectivity index (χ3n) is 5.10. The number of morpholine rings is 1. The fraction of sp³-hybridized carbons (Fsp3) is 0.250. The maximum absolute atomic E-state index is 13.1. The van der Waals surface area contributed by atoms with E-state index in [2.05, 4.69) is 17.6 Å².